The maximum absolute atomic E-state index is 13.4. The van der Waals surface area contributed by atoms with E-state index >= 15 is 0 Å². The second kappa shape index (κ2) is 4.67. The fraction of sp³-hybridized carbons (Fsp3) is 0. The lowest BCUT2D eigenvalue weighted by molar-refractivity contribution is 0.422. The Bertz CT molecular complexity index is 638. The monoisotopic (exact) mass is 247 g/mol. The molecule has 0 bridgehead atoms. The molecule has 1 aromatic heterocycles. The number of halogens is 2. The summed E-state index contributed by atoms with van der Waals surface area (Å²) in [6.07, 6.45) is 1.28. The number of aromatic nitrogens is 1. The molecule has 1 heterocycles. The molecule has 0 unspecified atom stereocenters. The highest BCUT2D eigenvalue weighted by Crippen LogP contribution is 2.26. The zero-order chi connectivity index (χ0) is 13.1. The number of nitrogen functional groups attached to an aromatic ring is 1. The number of pyridine rings is 1. The predicted octanol–water partition coefficient (Wildman–Crippen LogP) is 2.61. The van der Waals surface area contributed by atoms with Crippen LogP contribution in [0.1, 0.15) is 5.56 Å². The highest BCUT2D eigenvalue weighted by molar-refractivity contribution is 5.49. The Morgan fingerprint density at radius 3 is 2.72 bits per heavy atom. The summed E-state index contributed by atoms with van der Waals surface area (Å²) in [7, 11) is 0. The fourth-order valence-corrected chi connectivity index (χ4v) is 1.29. The molecule has 0 aliphatic carbocycles. The summed E-state index contributed by atoms with van der Waals surface area (Å²) in [6, 6.07) is 6.01. The van der Waals surface area contributed by atoms with E-state index in [1.807, 2.05) is 6.07 Å². The molecule has 0 fully saturated rings. The summed E-state index contributed by atoms with van der Waals surface area (Å²) >= 11 is 0. The largest absolute Gasteiger partial charge is 0.435 e. The normalized spacial score (nSPS) is 9.83. The molecule has 1 aromatic carbocycles. The molecule has 0 aliphatic rings. The number of anilines is 1. The van der Waals surface area contributed by atoms with Crippen molar-refractivity contribution in [3.8, 4) is 17.7 Å². The van der Waals surface area contributed by atoms with Crippen LogP contribution < -0.4 is 10.5 Å². The van der Waals surface area contributed by atoms with Gasteiger partial charge in [-0.2, -0.15) is 5.26 Å². The van der Waals surface area contributed by atoms with Gasteiger partial charge in [-0.15, -0.1) is 0 Å². The van der Waals surface area contributed by atoms with Crippen molar-refractivity contribution in [1.29, 1.82) is 5.26 Å². The Balaban J connectivity index is 2.37. The van der Waals surface area contributed by atoms with E-state index in [-0.39, 0.29) is 17.2 Å². The van der Waals surface area contributed by atoms with Gasteiger partial charge in [-0.3, -0.25) is 0 Å². The van der Waals surface area contributed by atoms with Crippen LogP contribution in [0.2, 0.25) is 0 Å². The topological polar surface area (TPSA) is 71.9 Å². The van der Waals surface area contributed by atoms with E-state index in [1.54, 1.807) is 0 Å². The van der Waals surface area contributed by atoms with Crippen LogP contribution >= 0.6 is 0 Å². The highest BCUT2D eigenvalue weighted by atomic mass is 19.1. The quantitative estimate of drug-likeness (QED) is 0.885. The van der Waals surface area contributed by atoms with Gasteiger partial charge in [-0.05, 0) is 18.2 Å². The number of nitriles is 1. The van der Waals surface area contributed by atoms with Gasteiger partial charge in [0.05, 0.1) is 11.9 Å². The fourth-order valence-electron chi connectivity index (χ4n) is 1.29. The molecule has 0 aliphatic heterocycles. The van der Waals surface area contributed by atoms with Gasteiger partial charge in [0.25, 0.3) is 0 Å². The molecular formula is C12H7F2N3O. The molecule has 0 saturated heterocycles. The van der Waals surface area contributed by atoms with E-state index in [2.05, 4.69) is 4.98 Å². The summed E-state index contributed by atoms with van der Waals surface area (Å²) in [4.78, 5) is 3.78. The summed E-state index contributed by atoms with van der Waals surface area (Å²) in [5.41, 5.74) is 5.81. The molecule has 0 atom stereocenters. The van der Waals surface area contributed by atoms with E-state index in [9.17, 15) is 8.78 Å². The van der Waals surface area contributed by atoms with Crippen LogP contribution in [0.3, 0.4) is 0 Å². The van der Waals surface area contributed by atoms with Gasteiger partial charge in [0.15, 0.2) is 11.6 Å². The summed E-state index contributed by atoms with van der Waals surface area (Å²) in [6.45, 7) is 0. The highest BCUT2D eigenvalue weighted by Gasteiger charge is 2.11. The van der Waals surface area contributed by atoms with Crippen molar-refractivity contribution < 1.29 is 13.5 Å². The van der Waals surface area contributed by atoms with Crippen LogP contribution in [0.15, 0.2) is 30.5 Å². The van der Waals surface area contributed by atoms with E-state index in [0.717, 1.165) is 12.1 Å². The summed E-state index contributed by atoms with van der Waals surface area (Å²) < 4.78 is 31.2. The molecule has 2 N–H and O–H groups in total. The Labute approximate surface area is 101 Å². The molecular weight excluding hydrogens is 240 g/mol. The minimum atomic E-state index is -0.877. The van der Waals surface area contributed by atoms with Crippen LogP contribution in [-0.2, 0) is 0 Å². The van der Waals surface area contributed by atoms with Crippen molar-refractivity contribution in [1.82, 2.24) is 4.98 Å². The second-order valence-electron chi connectivity index (χ2n) is 3.41. The van der Waals surface area contributed by atoms with Crippen LogP contribution in [0.4, 0.5) is 14.5 Å². The maximum Gasteiger partial charge on any atom is 0.237 e. The van der Waals surface area contributed by atoms with Gasteiger partial charge in [-0.1, -0.05) is 0 Å². The molecule has 2 aromatic rings. The number of hydrogen-bond donors (Lipinski definition) is 1. The van der Waals surface area contributed by atoms with E-state index < -0.39 is 11.6 Å². The van der Waals surface area contributed by atoms with E-state index in [4.69, 9.17) is 15.7 Å². The zero-order valence-corrected chi connectivity index (χ0v) is 9.02. The first kappa shape index (κ1) is 11.8. The van der Waals surface area contributed by atoms with E-state index in [1.165, 1.54) is 12.3 Å². The minimum absolute atomic E-state index is 0.0683. The van der Waals surface area contributed by atoms with Crippen molar-refractivity contribution in [3.05, 3.63) is 47.7 Å². The third-order valence-electron chi connectivity index (χ3n) is 2.09. The van der Waals surface area contributed by atoms with Gasteiger partial charge in [0, 0.05) is 6.07 Å². The lowest BCUT2D eigenvalue weighted by Crippen LogP contribution is -1.96. The predicted molar refractivity (Wildman–Crippen MR) is 59.8 cm³/mol. The average molecular weight is 247 g/mol. The first-order chi connectivity index (χ1) is 8.60. The first-order valence-corrected chi connectivity index (χ1v) is 4.88. The first-order valence-electron chi connectivity index (χ1n) is 4.88. The van der Waals surface area contributed by atoms with Crippen LogP contribution in [0.5, 0.6) is 11.6 Å². The lowest BCUT2D eigenvalue weighted by atomic mass is 10.2. The maximum atomic E-state index is 13.4. The van der Waals surface area contributed by atoms with Gasteiger partial charge in [-0.25, -0.2) is 13.8 Å². The third-order valence-corrected chi connectivity index (χ3v) is 2.09. The van der Waals surface area contributed by atoms with Crippen molar-refractivity contribution in [2.45, 2.75) is 0 Å². The Morgan fingerprint density at radius 2 is 2.06 bits per heavy atom. The van der Waals surface area contributed by atoms with Crippen LogP contribution in [0.25, 0.3) is 0 Å². The van der Waals surface area contributed by atoms with Crippen LogP contribution in [0, 0.1) is 23.0 Å². The Hall–Kier alpha value is -2.68. The number of rotatable bonds is 2. The number of nitrogens with zero attached hydrogens (tertiary/aromatic N) is 2. The molecule has 0 spiro atoms. The van der Waals surface area contributed by atoms with Gasteiger partial charge >= 0.3 is 0 Å². The molecule has 6 heteroatoms. The summed E-state index contributed by atoms with van der Waals surface area (Å²) in [5.74, 6) is -1.90. The van der Waals surface area contributed by atoms with Gasteiger partial charge < -0.3 is 10.5 Å². The minimum Gasteiger partial charge on any atom is -0.435 e. The molecule has 2 rings (SSSR count). The Morgan fingerprint density at radius 1 is 1.28 bits per heavy atom. The SMILES string of the molecule is N#Cc1cc(N)cnc1Oc1ccc(F)cc1F. The second-order valence-corrected chi connectivity index (χ2v) is 3.41. The molecule has 0 saturated carbocycles. The lowest BCUT2D eigenvalue weighted by Gasteiger charge is -2.07. The van der Waals surface area contributed by atoms with Crippen molar-refractivity contribution in [2.75, 3.05) is 5.73 Å². The van der Waals surface area contributed by atoms with Crippen molar-refractivity contribution in [3.63, 3.8) is 0 Å². The standard InChI is InChI=1S/C12H7F2N3O/c13-8-1-2-11(10(14)4-8)18-12-7(5-15)3-9(16)6-17-12/h1-4,6H,16H2. The average Bonchev–Trinajstić information content (AvgIpc) is 2.34. The Kier molecular flexibility index (Phi) is 3.06. The summed E-state index contributed by atoms with van der Waals surface area (Å²) in [5, 5.41) is 8.86. The van der Waals surface area contributed by atoms with Gasteiger partial charge in [0.1, 0.15) is 17.4 Å². The zero-order valence-electron chi connectivity index (χ0n) is 9.02. The van der Waals surface area contributed by atoms with E-state index in [0.29, 0.717) is 11.8 Å². The van der Waals surface area contributed by atoms with Crippen LogP contribution in [-0.4, -0.2) is 4.98 Å². The molecule has 0 radical (unpaired) electrons. The number of benzene rings is 1. The third kappa shape index (κ3) is 2.35. The number of nitrogens with two attached hydrogens (primary N) is 1. The number of ether oxygens (including phenoxy) is 1. The van der Waals surface area contributed by atoms with Crippen molar-refractivity contribution in [2.24, 2.45) is 0 Å². The number of hydrogen-bond acceptors (Lipinski definition) is 4. The molecule has 4 nitrogen and oxygen atoms in total. The molecule has 90 valence electrons. The molecule has 18 heavy (non-hydrogen) atoms. The smallest absolute Gasteiger partial charge is 0.237 e. The van der Waals surface area contributed by atoms with Gasteiger partial charge in [0.2, 0.25) is 5.88 Å². The van der Waals surface area contributed by atoms with Crippen molar-refractivity contribution >= 4 is 5.69 Å². The molecule has 0 amide bonds.